The first-order chi connectivity index (χ1) is 10.7. The molecule has 108 valence electrons. The first-order valence-electron chi connectivity index (χ1n) is 6.85. The van der Waals surface area contributed by atoms with E-state index in [1.165, 1.54) is 23.3 Å². The molecule has 0 amide bonds. The molecule has 1 nitrogen and oxygen atoms in total. The predicted molar refractivity (Wildman–Crippen MR) is 87.9 cm³/mol. The van der Waals surface area contributed by atoms with Crippen molar-refractivity contribution in [3.63, 3.8) is 0 Å². The normalized spacial score (nSPS) is 10.4. The van der Waals surface area contributed by atoms with Crippen molar-refractivity contribution in [1.29, 1.82) is 0 Å². The SMILES string of the molecule is O=C(F)c1ccc(Sc2ccc(-c3ccccc3)cc2)cc1. The standard InChI is InChI=1S/C19H13FOS/c20-19(21)16-8-12-18(13-9-16)22-17-10-6-15(7-11-17)14-4-2-1-3-5-14/h1-13H. The molecule has 22 heavy (non-hydrogen) atoms. The van der Waals surface area contributed by atoms with Crippen LogP contribution in [0.25, 0.3) is 11.1 Å². The highest BCUT2D eigenvalue weighted by Gasteiger charge is 2.04. The molecule has 0 aliphatic rings. The number of carbonyl (C=O) groups excluding carboxylic acids is 1. The molecule has 0 aliphatic carbocycles. The monoisotopic (exact) mass is 308 g/mol. The highest BCUT2D eigenvalue weighted by Crippen LogP contribution is 2.30. The molecule has 0 unspecified atom stereocenters. The number of carbonyl (C=O) groups is 1. The first-order valence-corrected chi connectivity index (χ1v) is 7.67. The highest BCUT2D eigenvalue weighted by molar-refractivity contribution is 7.99. The third-order valence-corrected chi connectivity index (χ3v) is 4.29. The summed E-state index contributed by atoms with van der Waals surface area (Å²) in [6, 6.07) is 23.6. The van der Waals surface area contributed by atoms with Crippen LogP contribution >= 0.6 is 11.8 Å². The molecular formula is C19H13FOS. The summed E-state index contributed by atoms with van der Waals surface area (Å²) >= 11 is 1.58. The summed E-state index contributed by atoms with van der Waals surface area (Å²) in [4.78, 5) is 12.7. The quantitative estimate of drug-likeness (QED) is 0.582. The molecular weight excluding hydrogens is 295 g/mol. The maximum Gasteiger partial charge on any atom is 0.332 e. The van der Waals surface area contributed by atoms with Crippen LogP contribution in [0.1, 0.15) is 10.4 Å². The minimum atomic E-state index is -1.40. The fourth-order valence-corrected chi connectivity index (χ4v) is 2.95. The lowest BCUT2D eigenvalue weighted by atomic mass is 10.1. The molecule has 0 atom stereocenters. The second kappa shape index (κ2) is 6.58. The minimum absolute atomic E-state index is 0.0868. The van der Waals surface area contributed by atoms with Gasteiger partial charge in [0.2, 0.25) is 0 Å². The zero-order valence-corrected chi connectivity index (χ0v) is 12.5. The van der Waals surface area contributed by atoms with Crippen molar-refractivity contribution in [3.8, 4) is 11.1 Å². The van der Waals surface area contributed by atoms with E-state index in [1.807, 2.05) is 18.2 Å². The summed E-state index contributed by atoms with van der Waals surface area (Å²) < 4.78 is 12.6. The van der Waals surface area contributed by atoms with Gasteiger partial charge in [0.15, 0.2) is 0 Å². The lowest BCUT2D eigenvalue weighted by molar-refractivity contribution is 0.0836. The van der Waals surface area contributed by atoms with E-state index in [0.29, 0.717) is 0 Å². The largest absolute Gasteiger partial charge is 0.332 e. The van der Waals surface area contributed by atoms with E-state index in [9.17, 15) is 9.18 Å². The van der Waals surface area contributed by atoms with E-state index in [-0.39, 0.29) is 5.56 Å². The van der Waals surface area contributed by atoms with Gasteiger partial charge < -0.3 is 0 Å². The molecule has 0 saturated heterocycles. The molecule has 0 heterocycles. The summed E-state index contributed by atoms with van der Waals surface area (Å²) in [5.41, 5.74) is 2.44. The molecule has 0 N–H and O–H groups in total. The number of hydrogen-bond acceptors (Lipinski definition) is 2. The molecule has 3 rings (SSSR count). The fraction of sp³-hybridized carbons (Fsp3) is 0. The Morgan fingerprint density at radius 1 is 0.682 bits per heavy atom. The Kier molecular flexibility index (Phi) is 4.35. The molecule has 3 aromatic rings. The molecule has 0 saturated carbocycles. The van der Waals surface area contributed by atoms with Gasteiger partial charge in [-0.25, -0.2) is 0 Å². The van der Waals surface area contributed by atoms with Crippen LogP contribution in [-0.2, 0) is 0 Å². The van der Waals surface area contributed by atoms with Gasteiger partial charge in [0, 0.05) is 9.79 Å². The number of benzene rings is 3. The predicted octanol–water partition coefficient (Wildman–Crippen LogP) is 5.61. The van der Waals surface area contributed by atoms with Gasteiger partial charge in [-0.2, -0.15) is 4.39 Å². The first kappa shape index (κ1) is 14.5. The van der Waals surface area contributed by atoms with Crippen molar-refractivity contribution in [2.45, 2.75) is 9.79 Å². The van der Waals surface area contributed by atoms with Crippen LogP contribution in [0.5, 0.6) is 0 Å². The Bertz CT molecular complexity index is 765. The maximum absolute atomic E-state index is 12.6. The average molecular weight is 308 g/mol. The van der Waals surface area contributed by atoms with Gasteiger partial charge in [-0.1, -0.05) is 54.2 Å². The lowest BCUT2D eigenvalue weighted by Crippen LogP contribution is -1.88. The number of halogens is 1. The molecule has 0 bridgehead atoms. The Hall–Kier alpha value is -2.39. The van der Waals surface area contributed by atoms with Crippen molar-refractivity contribution in [3.05, 3.63) is 84.4 Å². The van der Waals surface area contributed by atoms with E-state index < -0.39 is 6.04 Å². The minimum Gasteiger partial charge on any atom is -0.255 e. The highest BCUT2D eigenvalue weighted by atomic mass is 32.2. The number of rotatable bonds is 4. The van der Waals surface area contributed by atoms with Gasteiger partial charge in [-0.3, -0.25) is 4.79 Å². The Morgan fingerprint density at radius 2 is 1.18 bits per heavy atom. The van der Waals surface area contributed by atoms with E-state index in [0.717, 1.165) is 9.79 Å². The summed E-state index contributed by atoms with van der Waals surface area (Å²) in [6.07, 6.45) is 0. The third-order valence-electron chi connectivity index (χ3n) is 3.28. The van der Waals surface area contributed by atoms with Gasteiger partial charge in [0.1, 0.15) is 0 Å². The molecule has 0 fully saturated rings. The van der Waals surface area contributed by atoms with Crippen LogP contribution in [0.4, 0.5) is 4.39 Å². The van der Waals surface area contributed by atoms with Crippen molar-refractivity contribution in [2.24, 2.45) is 0 Å². The molecule has 3 heteroatoms. The van der Waals surface area contributed by atoms with Crippen LogP contribution in [0.2, 0.25) is 0 Å². The van der Waals surface area contributed by atoms with Crippen LogP contribution in [0, 0.1) is 0 Å². The molecule has 0 radical (unpaired) electrons. The third kappa shape index (κ3) is 3.43. The van der Waals surface area contributed by atoms with E-state index in [4.69, 9.17) is 0 Å². The summed E-state index contributed by atoms with van der Waals surface area (Å²) in [5, 5.41) is 0. The van der Waals surface area contributed by atoms with Crippen LogP contribution < -0.4 is 0 Å². The summed E-state index contributed by atoms with van der Waals surface area (Å²) in [5.74, 6) is 0. The summed E-state index contributed by atoms with van der Waals surface area (Å²) in [7, 11) is 0. The molecule has 0 aliphatic heterocycles. The Morgan fingerprint density at radius 3 is 1.73 bits per heavy atom. The second-order valence-corrected chi connectivity index (χ2v) is 5.94. The van der Waals surface area contributed by atoms with Crippen LogP contribution in [-0.4, -0.2) is 6.04 Å². The topological polar surface area (TPSA) is 17.1 Å². The van der Waals surface area contributed by atoms with Crippen LogP contribution in [0.3, 0.4) is 0 Å². The van der Waals surface area contributed by atoms with Gasteiger partial charge in [0.05, 0.1) is 5.56 Å². The lowest BCUT2D eigenvalue weighted by Gasteiger charge is -2.05. The maximum atomic E-state index is 12.6. The molecule has 3 aromatic carbocycles. The summed E-state index contributed by atoms with van der Waals surface area (Å²) in [6.45, 7) is 0. The van der Waals surface area contributed by atoms with E-state index >= 15 is 0 Å². The van der Waals surface area contributed by atoms with Gasteiger partial charge >= 0.3 is 6.04 Å². The van der Waals surface area contributed by atoms with Crippen LogP contribution in [0.15, 0.2) is 88.7 Å². The van der Waals surface area contributed by atoms with Crippen molar-refractivity contribution >= 4 is 17.8 Å². The fourth-order valence-electron chi connectivity index (χ4n) is 2.14. The zero-order chi connectivity index (χ0) is 15.4. The van der Waals surface area contributed by atoms with Crippen molar-refractivity contribution in [2.75, 3.05) is 0 Å². The van der Waals surface area contributed by atoms with Gasteiger partial charge in [0.25, 0.3) is 0 Å². The van der Waals surface area contributed by atoms with E-state index in [2.05, 4.69) is 36.4 Å². The Balaban J connectivity index is 1.75. The second-order valence-electron chi connectivity index (χ2n) is 4.79. The number of hydrogen-bond donors (Lipinski definition) is 0. The zero-order valence-electron chi connectivity index (χ0n) is 11.7. The van der Waals surface area contributed by atoms with Crippen molar-refractivity contribution < 1.29 is 9.18 Å². The average Bonchev–Trinajstić information content (AvgIpc) is 2.57. The van der Waals surface area contributed by atoms with E-state index in [1.54, 1.807) is 23.9 Å². The molecule has 0 spiro atoms. The van der Waals surface area contributed by atoms with Gasteiger partial charge in [-0.15, -0.1) is 0 Å². The Labute approximate surface area is 132 Å². The van der Waals surface area contributed by atoms with Crippen molar-refractivity contribution in [1.82, 2.24) is 0 Å². The molecule has 0 aromatic heterocycles. The smallest absolute Gasteiger partial charge is 0.255 e. The van der Waals surface area contributed by atoms with Gasteiger partial charge in [-0.05, 0) is 47.5 Å².